The lowest BCUT2D eigenvalue weighted by molar-refractivity contribution is -0.150. The minimum Gasteiger partial charge on any atom is -0.481 e. The number of carbonyl (C=O) groups excluding carboxylic acids is 2. The number of aliphatic carboxylic acids is 1. The molecular formula is C29H55NO12. The Hall–Kier alpha value is -1.87. The van der Waals surface area contributed by atoms with Crippen LogP contribution in [0.5, 0.6) is 0 Å². The van der Waals surface area contributed by atoms with Gasteiger partial charge in [-0.3, -0.25) is 14.4 Å². The molecule has 0 saturated carbocycles. The number of unbranched alkanes of at least 4 members (excludes halogenated alkanes) is 1. The predicted octanol–water partition coefficient (Wildman–Crippen LogP) is 2.23. The highest BCUT2D eigenvalue weighted by Gasteiger charge is 2.16. The summed E-state index contributed by atoms with van der Waals surface area (Å²) in [6.07, 6.45) is 4.28. The molecule has 0 aromatic carbocycles. The number of ether oxygens (including phenoxy) is 8. The number of hydrogen-bond acceptors (Lipinski definition) is 11. The third-order valence-corrected chi connectivity index (χ3v) is 5.79. The number of esters is 1. The Balaban J connectivity index is 3.20. The molecule has 0 aliphatic heterocycles. The van der Waals surface area contributed by atoms with E-state index in [0.29, 0.717) is 105 Å². The SMILES string of the molecule is CCCCC(CC)C(=O)OCCOCCOCCOCCOCCOCCOCCOCCCNC(=O)CCC(=O)O. The number of hydrogen-bond donors (Lipinski definition) is 2. The van der Waals surface area contributed by atoms with Crippen molar-refractivity contribution in [3.05, 3.63) is 0 Å². The second-order valence-electron chi connectivity index (χ2n) is 9.30. The van der Waals surface area contributed by atoms with Crippen LogP contribution < -0.4 is 5.32 Å². The topological polar surface area (TPSA) is 157 Å². The van der Waals surface area contributed by atoms with Crippen LogP contribution in [0.2, 0.25) is 0 Å². The molecule has 248 valence electrons. The van der Waals surface area contributed by atoms with Crippen LogP contribution in [0.4, 0.5) is 0 Å². The van der Waals surface area contributed by atoms with Gasteiger partial charge in [0.15, 0.2) is 0 Å². The molecule has 13 heteroatoms. The third kappa shape index (κ3) is 29.6. The van der Waals surface area contributed by atoms with Gasteiger partial charge in [0.05, 0.1) is 98.2 Å². The molecule has 0 heterocycles. The second-order valence-corrected chi connectivity index (χ2v) is 9.30. The van der Waals surface area contributed by atoms with E-state index < -0.39 is 5.97 Å². The number of carbonyl (C=O) groups is 3. The number of rotatable bonds is 33. The Morgan fingerprint density at radius 1 is 0.595 bits per heavy atom. The van der Waals surface area contributed by atoms with Crippen LogP contribution in [0.15, 0.2) is 0 Å². The fourth-order valence-corrected chi connectivity index (χ4v) is 3.39. The van der Waals surface area contributed by atoms with Crippen molar-refractivity contribution in [2.24, 2.45) is 5.92 Å². The molecule has 0 aromatic rings. The van der Waals surface area contributed by atoms with Crippen LogP contribution >= 0.6 is 0 Å². The highest BCUT2D eigenvalue weighted by atomic mass is 16.6. The molecule has 1 unspecified atom stereocenters. The van der Waals surface area contributed by atoms with Crippen molar-refractivity contribution in [1.29, 1.82) is 0 Å². The second kappa shape index (κ2) is 32.1. The van der Waals surface area contributed by atoms with Gasteiger partial charge in [-0.1, -0.05) is 26.7 Å². The maximum absolute atomic E-state index is 12.0. The first kappa shape index (κ1) is 40.1. The van der Waals surface area contributed by atoms with Crippen molar-refractivity contribution in [2.45, 2.75) is 58.8 Å². The Kier molecular flexibility index (Phi) is 30.6. The van der Waals surface area contributed by atoms with E-state index in [1.807, 2.05) is 6.92 Å². The van der Waals surface area contributed by atoms with E-state index in [1.165, 1.54) is 0 Å². The van der Waals surface area contributed by atoms with Gasteiger partial charge < -0.3 is 48.3 Å². The van der Waals surface area contributed by atoms with Crippen LogP contribution in [0, 0.1) is 5.92 Å². The fourth-order valence-electron chi connectivity index (χ4n) is 3.39. The molecule has 0 radical (unpaired) electrons. The summed E-state index contributed by atoms with van der Waals surface area (Å²) in [5, 5.41) is 11.2. The van der Waals surface area contributed by atoms with Gasteiger partial charge in [-0.2, -0.15) is 0 Å². The molecule has 1 amide bonds. The van der Waals surface area contributed by atoms with E-state index in [1.54, 1.807) is 0 Å². The van der Waals surface area contributed by atoms with Gasteiger partial charge in [-0.25, -0.2) is 0 Å². The molecule has 0 aliphatic carbocycles. The van der Waals surface area contributed by atoms with E-state index in [2.05, 4.69) is 12.2 Å². The summed E-state index contributed by atoms with van der Waals surface area (Å²) in [6.45, 7) is 11.3. The van der Waals surface area contributed by atoms with Crippen molar-refractivity contribution in [1.82, 2.24) is 5.32 Å². The van der Waals surface area contributed by atoms with Crippen molar-refractivity contribution >= 4 is 17.8 Å². The van der Waals surface area contributed by atoms with Crippen LogP contribution in [0.1, 0.15) is 58.8 Å². The summed E-state index contributed by atoms with van der Waals surface area (Å²) in [5.74, 6) is -1.39. The fraction of sp³-hybridized carbons (Fsp3) is 0.897. The average Bonchev–Trinajstić information content (AvgIpc) is 2.98. The summed E-state index contributed by atoms with van der Waals surface area (Å²) in [7, 11) is 0. The predicted molar refractivity (Wildman–Crippen MR) is 154 cm³/mol. The Labute approximate surface area is 251 Å². The van der Waals surface area contributed by atoms with Gasteiger partial charge in [0.25, 0.3) is 0 Å². The molecule has 0 fully saturated rings. The highest BCUT2D eigenvalue weighted by molar-refractivity contribution is 5.80. The van der Waals surface area contributed by atoms with Gasteiger partial charge in [-0.15, -0.1) is 0 Å². The minimum absolute atomic E-state index is 0.0102. The molecular weight excluding hydrogens is 554 g/mol. The van der Waals surface area contributed by atoms with Crippen molar-refractivity contribution in [2.75, 3.05) is 106 Å². The maximum Gasteiger partial charge on any atom is 0.308 e. The Morgan fingerprint density at radius 2 is 1.02 bits per heavy atom. The first-order valence-corrected chi connectivity index (χ1v) is 15.2. The van der Waals surface area contributed by atoms with E-state index in [-0.39, 0.29) is 37.2 Å². The lowest BCUT2D eigenvalue weighted by atomic mass is 10.00. The normalized spacial score (nSPS) is 11.9. The van der Waals surface area contributed by atoms with Gasteiger partial charge >= 0.3 is 11.9 Å². The van der Waals surface area contributed by atoms with Crippen molar-refractivity contribution in [3.63, 3.8) is 0 Å². The Bertz CT molecular complexity index is 638. The molecule has 1 atom stereocenters. The number of nitrogens with one attached hydrogen (secondary N) is 1. The standard InChI is InChI=1S/C29H55NO12/c1-3-5-7-26(4-2)29(34)42-25-24-41-23-22-40-21-20-39-19-18-38-17-16-37-15-14-36-13-12-35-11-6-10-30-27(31)8-9-28(32)33/h26H,3-25H2,1-2H3,(H,30,31)(H,32,33). The van der Waals surface area contributed by atoms with Crippen LogP contribution in [0.25, 0.3) is 0 Å². The zero-order valence-corrected chi connectivity index (χ0v) is 25.8. The smallest absolute Gasteiger partial charge is 0.308 e. The molecule has 0 saturated heterocycles. The molecule has 0 bridgehead atoms. The quantitative estimate of drug-likeness (QED) is 0.0827. The van der Waals surface area contributed by atoms with Crippen molar-refractivity contribution < 1.29 is 57.4 Å². The van der Waals surface area contributed by atoms with Gasteiger partial charge in [-0.05, 0) is 19.3 Å². The number of amides is 1. The Morgan fingerprint density at radius 3 is 1.43 bits per heavy atom. The largest absolute Gasteiger partial charge is 0.481 e. The van der Waals surface area contributed by atoms with Crippen LogP contribution in [-0.2, 0) is 52.3 Å². The summed E-state index contributed by atoms with van der Waals surface area (Å²) in [4.78, 5) is 33.7. The lowest BCUT2D eigenvalue weighted by Gasteiger charge is -2.13. The number of carboxylic acids is 1. The van der Waals surface area contributed by atoms with E-state index in [9.17, 15) is 14.4 Å². The molecule has 0 spiro atoms. The zero-order chi connectivity index (χ0) is 30.9. The lowest BCUT2D eigenvalue weighted by Crippen LogP contribution is -2.25. The maximum atomic E-state index is 12.0. The first-order chi connectivity index (χ1) is 20.5. The molecule has 0 aromatic heterocycles. The van der Waals surface area contributed by atoms with E-state index >= 15 is 0 Å². The number of carboxylic acid groups (broad SMARTS) is 1. The monoisotopic (exact) mass is 609 g/mol. The van der Waals surface area contributed by atoms with Gasteiger partial charge in [0, 0.05) is 19.6 Å². The average molecular weight is 610 g/mol. The minimum atomic E-state index is -0.983. The van der Waals surface area contributed by atoms with E-state index in [0.717, 1.165) is 25.7 Å². The van der Waals surface area contributed by atoms with Gasteiger partial charge in [0.2, 0.25) is 5.91 Å². The molecule has 13 nitrogen and oxygen atoms in total. The van der Waals surface area contributed by atoms with E-state index in [4.69, 9.17) is 43.0 Å². The highest BCUT2D eigenvalue weighted by Crippen LogP contribution is 2.14. The first-order valence-electron chi connectivity index (χ1n) is 15.2. The zero-order valence-electron chi connectivity index (χ0n) is 25.8. The van der Waals surface area contributed by atoms with Crippen LogP contribution in [0.3, 0.4) is 0 Å². The summed E-state index contributed by atoms with van der Waals surface area (Å²) in [5.41, 5.74) is 0. The molecule has 2 N–H and O–H groups in total. The summed E-state index contributed by atoms with van der Waals surface area (Å²) < 4.78 is 43.3. The summed E-state index contributed by atoms with van der Waals surface area (Å²) >= 11 is 0. The third-order valence-electron chi connectivity index (χ3n) is 5.79. The van der Waals surface area contributed by atoms with Crippen molar-refractivity contribution in [3.8, 4) is 0 Å². The van der Waals surface area contributed by atoms with Gasteiger partial charge in [0.1, 0.15) is 6.61 Å². The summed E-state index contributed by atoms with van der Waals surface area (Å²) in [6, 6.07) is 0. The molecule has 42 heavy (non-hydrogen) atoms. The van der Waals surface area contributed by atoms with Crippen LogP contribution in [-0.4, -0.2) is 129 Å². The molecule has 0 aliphatic rings. The molecule has 0 rings (SSSR count).